The monoisotopic (exact) mass is 368 g/mol. The van der Waals surface area contributed by atoms with Gasteiger partial charge in [-0.05, 0) is 50.8 Å². The number of nitrogens with zero attached hydrogens (tertiary/aromatic N) is 1. The molecule has 0 saturated carbocycles. The van der Waals surface area contributed by atoms with E-state index in [9.17, 15) is 13.2 Å². The van der Waals surface area contributed by atoms with Gasteiger partial charge in [-0.2, -0.15) is 4.31 Å². The third kappa shape index (κ3) is 6.01. The van der Waals surface area contributed by atoms with Crippen molar-refractivity contribution in [1.82, 2.24) is 9.62 Å². The maximum Gasteiger partial charge on any atom is 0.238 e. The van der Waals surface area contributed by atoms with Crippen molar-refractivity contribution in [1.29, 1.82) is 0 Å². The van der Waals surface area contributed by atoms with Gasteiger partial charge in [0.2, 0.25) is 15.9 Å². The summed E-state index contributed by atoms with van der Waals surface area (Å²) in [4.78, 5) is 12.4. The zero-order valence-electron chi connectivity index (χ0n) is 15.2. The van der Waals surface area contributed by atoms with Gasteiger partial charge < -0.3 is 10.1 Å². The molecule has 2 rings (SSSR count). The van der Waals surface area contributed by atoms with Gasteiger partial charge in [-0.25, -0.2) is 8.42 Å². The third-order valence-electron chi connectivity index (χ3n) is 4.19. The lowest BCUT2D eigenvalue weighted by Gasteiger charge is -2.32. The predicted octanol–water partition coefficient (Wildman–Crippen LogP) is 1.95. The van der Waals surface area contributed by atoms with Crippen LogP contribution in [0.5, 0.6) is 5.75 Å². The average molecular weight is 368 g/mol. The van der Waals surface area contributed by atoms with Gasteiger partial charge >= 0.3 is 0 Å². The van der Waals surface area contributed by atoms with Crippen molar-refractivity contribution in [2.75, 3.05) is 19.3 Å². The number of carbonyl (C=O) groups is 1. The molecule has 6 nitrogen and oxygen atoms in total. The highest BCUT2D eigenvalue weighted by atomic mass is 32.2. The van der Waals surface area contributed by atoms with Crippen LogP contribution in [0.25, 0.3) is 0 Å². The topological polar surface area (TPSA) is 75.7 Å². The highest BCUT2D eigenvalue weighted by Crippen LogP contribution is 2.20. The van der Waals surface area contributed by atoms with E-state index in [1.165, 1.54) is 10.6 Å². The number of ether oxygens (including phenoxy) is 1. The molecule has 1 aliphatic rings. The largest absolute Gasteiger partial charge is 0.491 e. The first-order valence-corrected chi connectivity index (χ1v) is 10.6. The average Bonchev–Trinajstić information content (AvgIpc) is 2.55. The predicted molar refractivity (Wildman–Crippen MR) is 98.1 cm³/mol. The number of sulfonamides is 1. The van der Waals surface area contributed by atoms with Crippen LogP contribution in [-0.2, 0) is 21.2 Å². The minimum atomic E-state index is -3.35. The Labute approximate surface area is 150 Å². The molecule has 1 saturated heterocycles. The van der Waals surface area contributed by atoms with Crippen LogP contribution in [0, 0.1) is 0 Å². The third-order valence-corrected chi connectivity index (χ3v) is 5.48. The number of piperidine rings is 1. The van der Waals surface area contributed by atoms with Crippen LogP contribution in [0.4, 0.5) is 0 Å². The molecule has 1 unspecified atom stereocenters. The molecule has 0 aromatic heterocycles. The maximum absolute atomic E-state index is 12.4. The summed E-state index contributed by atoms with van der Waals surface area (Å²) in [5.41, 5.74) is 1.10. The van der Waals surface area contributed by atoms with Gasteiger partial charge in [-0.1, -0.05) is 18.6 Å². The molecule has 7 heteroatoms. The number of rotatable bonds is 7. The van der Waals surface area contributed by atoms with Crippen LogP contribution in [-0.4, -0.2) is 50.1 Å². The van der Waals surface area contributed by atoms with Gasteiger partial charge in [-0.3, -0.25) is 4.79 Å². The number of nitrogens with one attached hydrogen (secondary N) is 1. The van der Waals surface area contributed by atoms with Crippen molar-refractivity contribution in [2.24, 2.45) is 0 Å². The summed E-state index contributed by atoms with van der Waals surface area (Å²) in [6, 6.07) is 7.22. The SMILES string of the molecule is CC(C)Oc1ccc(CCNC(=O)C2CCCCN2S(C)(=O)=O)cc1. The van der Waals surface area contributed by atoms with Crippen LogP contribution in [0.15, 0.2) is 24.3 Å². The molecular formula is C18H28N2O4S. The van der Waals surface area contributed by atoms with Crippen molar-refractivity contribution < 1.29 is 17.9 Å². The van der Waals surface area contributed by atoms with Crippen molar-refractivity contribution >= 4 is 15.9 Å². The van der Waals surface area contributed by atoms with E-state index in [-0.39, 0.29) is 12.0 Å². The lowest BCUT2D eigenvalue weighted by atomic mass is 10.0. The number of carbonyl (C=O) groups excluding carboxylic acids is 1. The molecular weight excluding hydrogens is 340 g/mol. The highest BCUT2D eigenvalue weighted by Gasteiger charge is 2.34. The second kappa shape index (κ2) is 8.67. The highest BCUT2D eigenvalue weighted by molar-refractivity contribution is 7.88. The summed E-state index contributed by atoms with van der Waals surface area (Å²) in [5, 5.41) is 2.87. The van der Waals surface area contributed by atoms with E-state index in [1.54, 1.807) is 0 Å². The van der Waals surface area contributed by atoms with E-state index in [0.29, 0.717) is 25.9 Å². The Hall–Kier alpha value is -1.60. The molecule has 1 aromatic rings. The van der Waals surface area contributed by atoms with E-state index >= 15 is 0 Å². The second-order valence-electron chi connectivity index (χ2n) is 6.74. The number of benzene rings is 1. The summed E-state index contributed by atoms with van der Waals surface area (Å²) in [5.74, 6) is 0.624. The van der Waals surface area contributed by atoms with Gasteiger partial charge in [0.05, 0.1) is 12.4 Å². The Balaban J connectivity index is 1.85. The molecule has 25 heavy (non-hydrogen) atoms. The van der Waals surface area contributed by atoms with E-state index in [4.69, 9.17) is 4.74 Å². The second-order valence-corrected chi connectivity index (χ2v) is 8.67. The Morgan fingerprint density at radius 2 is 1.96 bits per heavy atom. The van der Waals surface area contributed by atoms with Crippen LogP contribution < -0.4 is 10.1 Å². The standard InChI is InChI=1S/C18H28N2O4S/c1-14(2)24-16-9-7-15(8-10-16)11-12-19-18(21)17-6-4-5-13-20(17)25(3,22)23/h7-10,14,17H,4-6,11-13H2,1-3H3,(H,19,21). The molecule has 1 heterocycles. The lowest BCUT2D eigenvalue weighted by molar-refractivity contribution is -0.125. The molecule has 1 fully saturated rings. The lowest BCUT2D eigenvalue weighted by Crippen LogP contribution is -2.51. The van der Waals surface area contributed by atoms with Crippen LogP contribution in [0.2, 0.25) is 0 Å². The van der Waals surface area contributed by atoms with Crippen LogP contribution in [0.1, 0.15) is 38.7 Å². The van der Waals surface area contributed by atoms with Gasteiger partial charge in [0.25, 0.3) is 0 Å². The molecule has 1 N–H and O–H groups in total. The van der Waals surface area contributed by atoms with E-state index in [2.05, 4.69) is 5.32 Å². The summed E-state index contributed by atoms with van der Waals surface area (Å²) < 4.78 is 30.6. The van der Waals surface area contributed by atoms with Crippen LogP contribution >= 0.6 is 0 Å². The zero-order valence-corrected chi connectivity index (χ0v) is 16.0. The van der Waals surface area contributed by atoms with Gasteiger partial charge in [0, 0.05) is 13.1 Å². The molecule has 1 aliphatic heterocycles. The fourth-order valence-electron chi connectivity index (χ4n) is 3.02. The fraction of sp³-hybridized carbons (Fsp3) is 0.611. The Bertz CT molecular complexity index is 671. The van der Waals surface area contributed by atoms with E-state index in [1.807, 2.05) is 38.1 Å². The van der Waals surface area contributed by atoms with Crippen molar-refractivity contribution in [3.8, 4) is 5.75 Å². The number of hydrogen-bond acceptors (Lipinski definition) is 4. The normalized spacial score (nSPS) is 19.0. The number of hydrogen-bond donors (Lipinski definition) is 1. The fourth-order valence-corrected chi connectivity index (χ4v) is 4.14. The Kier molecular flexibility index (Phi) is 6.84. The molecule has 1 atom stereocenters. The van der Waals surface area contributed by atoms with Crippen LogP contribution in [0.3, 0.4) is 0 Å². The minimum absolute atomic E-state index is 0.137. The first-order chi connectivity index (χ1) is 11.8. The van der Waals surface area contributed by atoms with Crippen molar-refractivity contribution in [3.05, 3.63) is 29.8 Å². The van der Waals surface area contributed by atoms with Crippen molar-refractivity contribution in [3.63, 3.8) is 0 Å². The van der Waals surface area contributed by atoms with Gasteiger partial charge in [0.1, 0.15) is 11.8 Å². The summed E-state index contributed by atoms with van der Waals surface area (Å²) in [7, 11) is -3.35. The molecule has 140 valence electrons. The molecule has 1 aromatic carbocycles. The first kappa shape index (κ1) is 19.7. The van der Waals surface area contributed by atoms with E-state index in [0.717, 1.165) is 24.2 Å². The number of amides is 1. The minimum Gasteiger partial charge on any atom is -0.491 e. The van der Waals surface area contributed by atoms with E-state index < -0.39 is 16.1 Å². The summed E-state index contributed by atoms with van der Waals surface area (Å²) in [6.45, 7) is 4.87. The smallest absolute Gasteiger partial charge is 0.238 e. The van der Waals surface area contributed by atoms with Gasteiger partial charge in [-0.15, -0.1) is 0 Å². The van der Waals surface area contributed by atoms with Gasteiger partial charge in [0.15, 0.2) is 0 Å². The summed E-state index contributed by atoms with van der Waals surface area (Å²) >= 11 is 0. The zero-order chi connectivity index (χ0) is 18.4. The molecule has 0 bridgehead atoms. The molecule has 1 amide bonds. The molecule has 0 radical (unpaired) electrons. The van der Waals surface area contributed by atoms with Crippen molar-refractivity contribution in [2.45, 2.75) is 51.7 Å². The first-order valence-electron chi connectivity index (χ1n) is 8.77. The molecule has 0 aliphatic carbocycles. The Morgan fingerprint density at radius 3 is 2.56 bits per heavy atom. The Morgan fingerprint density at radius 1 is 1.28 bits per heavy atom. The maximum atomic E-state index is 12.4. The molecule has 0 spiro atoms. The summed E-state index contributed by atoms with van der Waals surface area (Å²) in [6.07, 6.45) is 4.26. The quantitative estimate of drug-likeness (QED) is 0.798.